The van der Waals surface area contributed by atoms with Crippen molar-refractivity contribution in [1.29, 1.82) is 0 Å². The number of carbonyl (C=O) groups is 1. The maximum atomic E-state index is 12.5. The van der Waals surface area contributed by atoms with Crippen molar-refractivity contribution in [3.8, 4) is 5.75 Å². The van der Waals surface area contributed by atoms with Crippen LogP contribution in [0.15, 0.2) is 48.3 Å². The Morgan fingerprint density at radius 1 is 1.38 bits per heavy atom. The quantitative estimate of drug-likeness (QED) is 0.287. The second-order valence-corrected chi connectivity index (χ2v) is 9.20. The number of likely N-dealkylation sites (tertiary alicyclic amines) is 1. The minimum atomic E-state index is -0.514. The molecule has 1 fully saturated rings. The lowest BCUT2D eigenvalue weighted by Crippen LogP contribution is -2.45. The molecular weight excluding hydrogens is 406 g/mol. The monoisotopic (exact) mass is 439 g/mol. The van der Waals surface area contributed by atoms with Gasteiger partial charge in [-0.1, -0.05) is 11.2 Å². The molecule has 1 N–H and O–H groups in total. The van der Waals surface area contributed by atoms with Crippen molar-refractivity contribution in [2.45, 2.75) is 45.6 Å². The molecule has 1 aromatic carbocycles. The van der Waals surface area contributed by atoms with Crippen molar-refractivity contribution >= 4 is 22.7 Å². The highest BCUT2D eigenvalue weighted by Gasteiger charge is 2.32. The van der Waals surface area contributed by atoms with E-state index in [4.69, 9.17) is 9.47 Å². The molecule has 1 aliphatic rings. The van der Waals surface area contributed by atoms with Gasteiger partial charge in [0, 0.05) is 30.2 Å². The molecule has 0 saturated carbocycles. The number of benzene rings is 1. The van der Waals surface area contributed by atoms with Crippen molar-refractivity contribution in [2.24, 2.45) is 17.0 Å². The molecule has 2 heterocycles. The van der Waals surface area contributed by atoms with E-state index >= 15 is 0 Å². The molecular formula is C25H33N3O4. The highest BCUT2D eigenvalue weighted by atomic mass is 16.6. The van der Waals surface area contributed by atoms with E-state index in [0.29, 0.717) is 31.1 Å². The van der Waals surface area contributed by atoms with E-state index in [1.807, 2.05) is 51.1 Å². The van der Waals surface area contributed by atoms with Crippen LogP contribution >= 0.6 is 0 Å². The Hall–Kier alpha value is -3.09. The summed E-state index contributed by atoms with van der Waals surface area (Å²) in [5.41, 5.74) is 1.76. The highest BCUT2D eigenvalue weighted by Crippen LogP contribution is 2.31. The first-order chi connectivity index (χ1) is 15.3. The Morgan fingerprint density at radius 2 is 2.16 bits per heavy atom. The molecule has 1 aromatic heterocycles. The summed E-state index contributed by atoms with van der Waals surface area (Å²) in [6.07, 6.45) is 5.64. The number of fused-ring (bicyclic) bond motifs is 1. The standard InChI is InChI=1S/C25H33N3O4/c1-6-17-16-28(24(29)32-25(2,3)4)14-12-18(17)7-9-23(27-30)20-11-13-26-22-10-8-19(31-5)15-21(20)22/h6,8,10-11,13,15,17-18,30H,1,7,9,12,14,16H2,2-5H3/b27-23-/t17-,18+/m0/s1. The molecule has 7 heteroatoms. The summed E-state index contributed by atoms with van der Waals surface area (Å²) in [6, 6.07) is 7.54. The Kier molecular flexibility index (Phi) is 7.38. The summed E-state index contributed by atoms with van der Waals surface area (Å²) < 4.78 is 10.9. The number of rotatable bonds is 6. The van der Waals surface area contributed by atoms with Crippen molar-refractivity contribution in [1.82, 2.24) is 9.88 Å². The molecule has 2 atom stereocenters. The Morgan fingerprint density at radius 3 is 2.81 bits per heavy atom. The van der Waals surface area contributed by atoms with Crippen LogP contribution in [0, 0.1) is 11.8 Å². The summed E-state index contributed by atoms with van der Waals surface area (Å²) in [7, 11) is 1.62. The smallest absolute Gasteiger partial charge is 0.410 e. The van der Waals surface area contributed by atoms with Gasteiger partial charge in [-0.3, -0.25) is 4.98 Å². The number of piperidine rings is 1. The predicted octanol–water partition coefficient (Wildman–Crippen LogP) is 5.26. The molecule has 1 aliphatic heterocycles. The van der Waals surface area contributed by atoms with Gasteiger partial charge in [0.2, 0.25) is 0 Å². The summed E-state index contributed by atoms with van der Waals surface area (Å²) in [6.45, 7) is 10.8. The number of pyridine rings is 1. The van der Waals surface area contributed by atoms with Gasteiger partial charge < -0.3 is 19.6 Å². The number of nitrogens with zero attached hydrogens (tertiary/aromatic N) is 3. The van der Waals surface area contributed by atoms with E-state index in [0.717, 1.165) is 35.1 Å². The van der Waals surface area contributed by atoms with E-state index in [-0.39, 0.29) is 12.0 Å². The van der Waals surface area contributed by atoms with Crippen LogP contribution in [-0.4, -0.2) is 52.7 Å². The minimum absolute atomic E-state index is 0.158. The number of amides is 1. The lowest BCUT2D eigenvalue weighted by atomic mass is 9.81. The lowest BCUT2D eigenvalue weighted by molar-refractivity contribution is 0.0134. The van der Waals surface area contributed by atoms with Gasteiger partial charge in [0.1, 0.15) is 11.4 Å². The van der Waals surface area contributed by atoms with Crippen molar-refractivity contribution in [2.75, 3.05) is 20.2 Å². The molecule has 0 bridgehead atoms. The molecule has 1 saturated heterocycles. The van der Waals surface area contributed by atoms with Crippen LogP contribution < -0.4 is 4.74 Å². The van der Waals surface area contributed by atoms with E-state index in [9.17, 15) is 10.0 Å². The summed E-state index contributed by atoms with van der Waals surface area (Å²) >= 11 is 0. The summed E-state index contributed by atoms with van der Waals surface area (Å²) in [5.74, 6) is 1.22. The second-order valence-electron chi connectivity index (χ2n) is 9.20. The average molecular weight is 440 g/mol. The van der Waals surface area contributed by atoms with Crippen LogP contribution in [0.2, 0.25) is 0 Å². The number of hydrogen-bond acceptors (Lipinski definition) is 6. The first-order valence-electron chi connectivity index (χ1n) is 11.0. The largest absolute Gasteiger partial charge is 0.497 e. The third kappa shape index (κ3) is 5.58. The molecule has 0 unspecified atom stereocenters. The van der Waals surface area contributed by atoms with E-state index in [1.54, 1.807) is 18.2 Å². The SMILES string of the molecule is C=C[C@H]1CN(C(=O)OC(C)(C)C)CC[C@H]1CC/C(=N/O)c1ccnc2ccc(OC)cc12. The molecule has 32 heavy (non-hydrogen) atoms. The van der Waals surface area contributed by atoms with Gasteiger partial charge >= 0.3 is 6.09 Å². The lowest BCUT2D eigenvalue weighted by Gasteiger charge is -2.38. The number of methoxy groups -OCH3 is 1. The maximum Gasteiger partial charge on any atom is 0.410 e. The van der Waals surface area contributed by atoms with Crippen molar-refractivity contribution < 1.29 is 19.5 Å². The molecule has 0 spiro atoms. The zero-order valence-electron chi connectivity index (χ0n) is 19.4. The van der Waals surface area contributed by atoms with Gasteiger partial charge in [-0.05, 0) is 76.1 Å². The zero-order valence-corrected chi connectivity index (χ0v) is 19.4. The number of oxime groups is 1. The van der Waals surface area contributed by atoms with Crippen LogP contribution in [0.3, 0.4) is 0 Å². The third-order valence-electron chi connectivity index (χ3n) is 5.89. The van der Waals surface area contributed by atoms with E-state index in [1.165, 1.54) is 0 Å². The maximum absolute atomic E-state index is 12.5. The van der Waals surface area contributed by atoms with E-state index in [2.05, 4.69) is 16.7 Å². The van der Waals surface area contributed by atoms with Crippen LogP contribution in [0.4, 0.5) is 4.79 Å². The Balaban J connectivity index is 1.70. The van der Waals surface area contributed by atoms with Gasteiger partial charge in [0.25, 0.3) is 0 Å². The molecule has 172 valence electrons. The fourth-order valence-corrected chi connectivity index (χ4v) is 4.21. The fraction of sp³-hybridized carbons (Fsp3) is 0.480. The summed E-state index contributed by atoms with van der Waals surface area (Å²) in [5, 5.41) is 14.3. The van der Waals surface area contributed by atoms with Crippen LogP contribution in [0.25, 0.3) is 10.9 Å². The van der Waals surface area contributed by atoms with Gasteiger partial charge in [0.15, 0.2) is 0 Å². The molecule has 3 rings (SSSR count). The van der Waals surface area contributed by atoms with Gasteiger partial charge in [-0.25, -0.2) is 4.79 Å². The average Bonchev–Trinajstić information content (AvgIpc) is 2.78. The normalized spacial score (nSPS) is 19.6. The van der Waals surface area contributed by atoms with Crippen LogP contribution in [-0.2, 0) is 4.74 Å². The molecule has 2 aromatic rings. The summed E-state index contributed by atoms with van der Waals surface area (Å²) in [4.78, 5) is 18.6. The van der Waals surface area contributed by atoms with Gasteiger partial charge in [-0.15, -0.1) is 6.58 Å². The number of ether oxygens (including phenoxy) is 2. The highest BCUT2D eigenvalue weighted by molar-refractivity contribution is 6.10. The number of aromatic nitrogens is 1. The van der Waals surface area contributed by atoms with Crippen molar-refractivity contribution in [3.63, 3.8) is 0 Å². The minimum Gasteiger partial charge on any atom is -0.497 e. The molecule has 0 radical (unpaired) electrons. The Labute approximate surface area is 189 Å². The van der Waals surface area contributed by atoms with Crippen LogP contribution in [0.5, 0.6) is 5.75 Å². The molecule has 7 nitrogen and oxygen atoms in total. The first kappa shape index (κ1) is 23.6. The topological polar surface area (TPSA) is 84.3 Å². The van der Waals surface area contributed by atoms with Gasteiger partial charge in [-0.2, -0.15) is 0 Å². The Bertz CT molecular complexity index is 996. The second kappa shape index (κ2) is 10.0. The van der Waals surface area contributed by atoms with E-state index < -0.39 is 5.60 Å². The molecule has 1 amide bonds. The third-order valence-corrected chi connectivity index (χ3v) is 5.89. The molecule has 0 aliphatic carbocycles. The van der Waals surface area contributed by atoms with Gasteiger partial charge in [0.05, 0.1) is 18.3 Å². The fourth-order valence-electron chi connectivity index (χ4n) is 4.21. The number of carbonyl (C=O) groups excluding carboxylic acids is 1. The first-order valence-corrected chi connectivity index (χ1v) is 11.0. The predicted molar refractivity (Wildman–Crippen MR) is 125 cm³/mol. The zero-order chi connectivity index (χ0) is 23.3. The van der Waals surface area contributed by atoms with Crippen LogP contribution in [0.1, 0.15) is 45.6 Å². The number of hydrogen-bond donors (Lipinski definition) is 1. The van der Waals surface area contributed by atoms with Crippen molar-refractivity contribution in [3.05, 3.63) is 48.7 Å².